The van der Waals surface area contributed by atoms with Gasteiger partial charge in [-0.05, 0) is 24.6 Å². The van der Waals surface area contributed by atoms with E-state index in [1.807, 2.05) is 25.1 Å². The maximum absolute atomic E-state index is 11.8. The number of hydrogen-bond acceptors (Lipinski definition) is 3. The first-order valence-electron chi connectivity index (χ1n) is 4.83. The first kappa shape index (κ1) is 10.2. The van der Waals surface area contributed by atoms with E-state index in [9.17, 15) is 4.39 Å². The zero-order valence-electron chi connectivity index (χ0n) is 8.53. The largest absolute Gasteiger partial charge is 0.486 e. The second kappa shape index (κ2) is 4.49. The molecule has 0 fully saturated rings. The van der Waals surface area contributed by atoms with Crippen LogP contribution in [-0.4, -0.2) is 26.2 Å². The molecule has 0 radical (unpaired) electrons. The Balaban J connectivity index is 2.03. The molecule has 3 nitrogen and oxygen atoms in total. The van der Waals surface area contributed by atoms with Crippen LogP contribution in [0.4, 0.5) is 4.39 Å². The van der Waals surface area contributed by atoms with Crippen molar-refractivity contribution < 1.29 is 18.6 Å². The molecule has 0 spiro atoms. The van der Waals surface area contributed by atoms with Gasteiger partial charge in [0, 0.05) is 0 Å². The van der Waals surface area contributed by atoms with E-state index in [0.717, 1.165) is 11.3 Å². The van der Waals surface area contributed by atoms with Crippen LogP contribution in [0.15, 0.2) is 18.2 Å². The van der Waals surface area contributed by atoms with Crippen molar-refractivity contribution in [3.8, 4) is 11.5 Å². The van der Waals surface area contributed by atoms with Crippen molar-refractivity contribution in [3.05, 3.63) is 23.8 Å². The summed E-state index contributed by atoms with van der Waals surface area (Å²) < 4.78 is 27.5. The Morgan fingerprint density at radius 1 is 1.47 bits per heavy atom. The summed E-state index contributed by atoms with van der Waals surface area (Å²) in [5, 5.41) is 0. The third-order valence-corrected chi connectivity index (χ3v) is 2.20. The third-order valence-electron chi connectivity index (χ3n) is 2.20. The third kappa shape index (κ3) is 2.39. The van der Waals surface area contributed by atoms with Gasteiger partial charge in [0.2, 0.25) is 0 Å². The van der Waals surface area contributed by atoms with E-state index in [2.05, 4.69) is 4.74 Å². The molecule has 0 aromatic heterocycles. The van der Waals surface area contributed by atoms with E-state index in [1.54, 1.807) is 0 Å². The number of benzene rings is 1. The Labute approximate surface area is 87.8 Å². The summed E-state index contributed by atoms with van der Waals surface area (Å²) in [6.07, 6.45) is -0.226. The molecule has 1 aromatic rings. The van der Waals surface area contributed by atoms with E-state index in [1.165, 1.54) is 0 Å². The summed E-state index contributed by atoms with van der Waals surface area (Å²) >= 11 is 0. The molecular formula is C11H13FO3. The van der Waals surface area contributed by atoms with E-state index in [4.69, 9.17) is 9.47 Å². The highest BCUT2D eigenvalue weighted by atomic mass is 19.1. The van der Waals surface area contributed by atoms with Gasteiger partial charge in [-0.3, -0.25) is 0 Å². The molecule has 15 heavy (non-hydrogen) atoms. The van der Waals surface area contributed by atoms with Gasteiger partial charge in [-0.15, -0.1) is 0 Å². The average Bonchev–Trinajstić information content (AvgIpc) is 2.26. The van der Waals surface area contributed by atoms with Crippen LogP contribution in [0.5, 0.6) is 11.5 Å². The minimum absolute atomic E-state index is 0.212. The lowest BCUT2D eigenvalue weighted by atomic mass is 10.2. The summed E-state index contributed by atoms with van der Waals surface area (Å²) in [7, 11) is 0. The minimum Gasteiger partial charge on any atom is -0.486 e. The fourth-order valence-corrected chi connectivity index (χ4v) is 1.48. The van der Waals surface area contributed by atoms with E-state index in [0.29, 0.717) is 12.4 Å². The quantitative estimate of drug-likeness (QED) is 0.767. The molecule has 1 aromatic carbocycles. The van der Waals surface area contributed by atoms with E-state index < -0.39 is 6.86 Å². The number of alkyl halides is 1. The smallest absolute Gasteiger partial charge is 0.188 e. The molecule has 0 aliphatic carbocycles. The molecule has 0 saturated carbocycles. The molecule has 1 atom stereocenters. The predicted molar refractivity (Wildman–Crippen MR) is 53.0 cm³/mol. The topological polar surface area (TPSA) is 27.7 Å². The monoisotopic (exact) mass is 212 g/mol. The van der Waals surface area contributed by atoms with Crippen molar-refractivity contribution in [1.29, 1.82) is 0 Å². The SMILES string of the molecule is Cc1ccc2c(c1)OCC(COCF)O2. The van der Waals surface area contributed by atoms with Gasteiger partial charge in [-0.1, -0.05) is 6.07 Å². The molecule has 82 valence electrons. The predicted octanol–water partition coefficient (Wildman–Crippen LogP) is 2.08. The Kier molecular flexibility index (Phi) is 3.06. The molecule has 0 amide bonds. The molecule has 1 aliphatic heterocycles. The van der Waals surface area contributed by atoms with Crippen LogP contribution in [0.25, 0.3) is 0 Å². The number of halogens is 1. The Morgan fingerprint density at radius 2 is 2.33 bits per heavy atom. The normalized spacial score (nSPS) is 18.9. The van der Waals surface area contributed by atoms with Gasteiger partial charge in [0.15, 0.2) is 24.5 Å². The highest BCUT2D eigenvalue weighted by Crippen LogP contribution is 2.32. The lowest BCUT2D eigenvalue weighted by molar-refractivity contribution is -0.0202. The number of rotatable bonds is 3. The van der Waals surface area contributed by atoms with Crippen LogP contribution in [0.3, 0.4) is 0 Å². The second-order valence-corrected chi connectivity index (χ2v) is 3.48. The van der Waals surface area contributed by atoms with Crippen LogP contribution in [0.1, 0.15) is 5.56 Å². The fraction of sp³-hybridized carbons (Fsp3) is 0.455. The number of ether oxygens (including phenoxy) is 3. The van der Waals surface area contributed by atoms with Crippen molar-refractivity contribution >= 4 is 0 Å². The van der Waals surface area contributed by atoms with Crippen molar-refractivity contribution in [2.45, 2.75) is 13.0 Å². The first-order chi connectivity index (χ1) is 7.29. The standard InChI is InChI=1S/C11H13FO3/c1-8-2-3-10-11(4-8)14-6-9(15-10)5-13-7-12/h2-4,9H,5-7H2,1H3. The zero-order chi connectivity index (χ0) is 10.7. The molecule has 0 saturated heterocycles. The van der Waals surface area contributed by atoms with Gasteiger partial charge in [0.05, 0.1) is 6.61 Å². The van der Waals surface area contributed by atoms with Gasteiger partial charge in [0.25, 0.3) is 0 Å². The summed E-state index contributed by atoms with van der Waals surface area (Å²) in [5.41, 5.74) is 1.12. The van der Waals surface area contributed by atoms with Crippen LogP contribution < -0.4 is 9.47 Å². The maximum Gasteiger partial charge on any atom is 0.188 e. The van der Waals surface area contributed by atoms with Crippen molar-refractivity contribution in [2.24, 2.45) is 0 Å². The Bertz CT molecular complexity index is 341. The average molecular weight is 212 g/mol. The molecule has 1 aliphatic rings. The summed E-state index contributed by atoms with van der Waals surface area (Å²) in [6, 6.07) is 5.72. The molecule has 2 rings (SSSR count). The van der Waals surface area contributed by atoms with Crippen LogP contribution in [0, 0.1) is 6.92 Å². The number of aryl methyl sites for hydroxylation is 1. The van der Waals surface area contributed by atoms with Crippen LogP contribution in [-0.2, 0) is 4.74 Å². The van der Waals surface area contributed by atoms with Crippen molar-refractivity contribution in [2.75, 3.05) is 20.1 Å². The van der Waals surface area contributed by atoms with Gasteiger partial charge < -0.3 is 14.2 Å². The summed E-state index contributed by atoms with van der Waals surface area (Å²) in [6.45, 7) is 1.81. The second-order valence-electron chi connectivity index (χ2n) is 3.48. The Morgan fingerprint density at radius 3 is 3.13 bits per heavy atom. The highest BCUT2D eigenvalue weighted by molar-refractivity contribution is 5.43. The van der Waals surface area contributed by atoms with Gasteiger partial charge in [-0.2, -0.15) is 0 Å². The van der Waals surface area contributed by atoms with E-state index in [-0.39, 0.29) is 12.7 Å². The zero-order valence-corrected chi connectivity index (χ0v) is 8.53. The van der Waals surface area contributed by atoms with Crippen molar-refractivity contribution in [3.63, 3.8) is 0 Å². The van der Waals surface area contributed by atoms with Crippen LogP contribution >= 0.6 is 0 Å². The van der Waals surface area contributed by atoms with Crippen molar-refractivity contribution in [1.82, 2.24) is 0 Å². The lowest BCUT2D eigenvalue weighted by Crippen LogP contribution is -2.33. The molecule has 1 heterocycles. The molecule has 0 N–H and O–H groups in total. The minimum atomic E-state index is -0.791. The van der Waals surface area contributed by atoms with Gasteiger partial charge in [-0.25, -0.2) is 4.39 Å². The summed E-state index contributed by atoms with van der Waals surface area (Å²) in [5.74, 6) is 1.44. The van der Waals surface area contributed by atoms with E-state index >= 15 is 0 Å². The number of hydrogen-bond donors (Lipinski definition) is 0. The fourth-order valence-electron chi connectivity index (χ4n) is 1.48. The molecule has 4 heteroatoms. The number of fused-ring (bicyclic) bond motifs is 1. The highest BCUT2D eigenvalue weighted by Gasteiger charge is 2.20. The van der Waals surface area contributed by atoms with Gasteiger partial charge in [0.1, 0.15) is 6.61 Å². The van der Waals surface area contributed by atoms with Gasteiger partial charge >= 0.3 is 0 Å². The maximum atomic E-state index is 11.8. The Hall–Kier alpha value is -1.29. The lowest BCUT2D eigenvalue weighted by Gasteiger charge is -2.26. The van der Waals surface area contributed by atoms with Crippen LogP contribution in [0.2, 0.25) is 0 Å². The summed E-state index contributed by atoms with van der Waals surface area (Å²) in [4.78, 5) is 0. The molecular weight excluding hydrogens is 199 g/mol. The molecule has 0 bridgehead atoms. The molecule has 1 unspecified atom stereocenters. The first-order valence-corrected chi connectivity index (χ1v) is 4.83.